The highest BCUT2D eigenvalue weighted by Crippen LogP contribution is 2.34. The predicted octanol–water partition coefficient (Wildman–Crippen LogP) is 3.06. The van der Waals surface area contributed by atoms with Crippen molar-refractivity contribution in [3.8, 4) is 22.8 Å². The van der Waals surface area contributed by atoms with Crippen LogP contribution in [0.3, 0.4) is 0 Å². The van der Waals surface area contributed by atoms with E-state index >= 15 is 0 Å². The molecule has 7 nitrogen and oxygen atoms in total. The molecule has 0 amide bonds. The van der Waals surface area contributed by atoms with Gasteiger partial charge in [0.05, 0.1) is 18.5 Å². The number of aromatic carboxylic acids is 2. The first-order valence-electron chi connectivity index (χ1n) is 7.63. The fourth-order valence-electron chi connectivity index (χ4n) is 2.53. The lowest BCUT2D eigenvalue weighted by Crippen LogP contribution is -2.14. The second kappa shape index (κ2) is 7.21. The molecule has 0 radical (unpaired) electrons. The van der Waals surface area contributed by atoms with Gasteiger partial charge in [-0.1, -0.05) is 13.8 Å². The topological polar surface area (TPSA) is 117 Å². The molecule has 7 heteroatoms. The van der Waals surface area contributed by atoms with Crippen molar-refractivity contribution in [2.45, 2.75) is 20.3 Å². The van der Waals surface area contributed by atoms with Crippen molar-refractivity contribution in [1.82, 2.24) is 4.98 Å². The second-order valence-electron chi connectivity index (χ2n) is 5.94. The molecule has 0 fully saturated rings. The van der Waals surface area contributed by atoms with E-state index in [-0.39, 0.29) is 17.3 Å². The lowest BCUT2D eigenvalue weighted by molar-refractivity contribution is 0.0648. The largest absolute Gasteiger partial charge is 0.505 e. The van der Waals surface area contributed by atoms with Gasteiger partial charge in [-0.3, -0.25) is 0 Å². The average molecular weight is 345 g/mol. The Labute approximate surface area is 144 Å². The number of rotatable bonds is 6. The fraction of sp³-hybridized carbons (Fsp3) is 0.278. The molecule has 2 aromatic rings. The number of carboxylic acids is 2. The molecule has 0 saturated carbocycles. The van der Waals surface area contributed by atoms with E-state index in [2.05, 4.69) is 4.98 Å². The monoisotopic (exact) mass is 345 g/mol. The lowest BCUT2D eigenvalue weighted by atomic mass is 9.96. The van der Waals surface area contributed by atoms with Crippen LogP contribution in [0.5, 0.6) is 11.5 Å². The maximum atomic E-state index is 11.7. The third-order valence-electron chi connectivity index (χ3n) is 3.64. The number of pyridine rings is 1. The van der Waals surface area contributed by atoms with Crippen LogP contribution in [-0.4, -0.2) is 39.4 Å². The minimum atomic E-state index is -1.52. The molecular formula is C18H19NO6. The van der Waals surface area contributed by atoms with Crippen molar-refractivity contribution in [3.63, 3.8) is 0 Å². The first kappa shape index (κ1) is 18.3. The Kier molecular flexibility index (Phi) is 5.26. The molecule has 0 aliphatic carbocycles. The highest BCUT2D eigenvalue weighted by atomic mass is 16.5. The van der Waals surface area contributed by atoms with Gasteiger partial charge in [-0.25, -0.2) is 14.6 Å². The molecule has 0 spiro atoms. The van der Waals surface area contributed by atoms with E-state index in [0.717, 1.165) is 0 Å². The number of hydrogen-bond acceptors (Lipinski definition) is 5. The quantitative estimate of drug-likeness (QED) is 0.736. The van der Waals surface area contributed by atoms with Crippen LogP contribution >= 0.6 is 0 Å². The number of hydrogen-bond donors (Lipinski definition) is 3. The van der Waals surface area contributed by atoms with Crippen LogP contribution in [0.4, 0.5) is 0 Å². The number of nitrogens with zero attached hydrogens (tertiary/aromatic N) is 1. The van der Waals surface area contributed by atoms with Crippen LogP contribution in [0.2, 0.25) is 0 Å². The maximum Gasteiger partial charge on any atom is 0.340 e. The van der Waals surface area contributed by atoms with Gasteiger partial charge >= 0.3 is 11.9 Å². The Bertz CT molecular complexity index is 811. The Hall–Kier alpha value is -3.09. The van der Waals surface area contributed by atoms with E-state index in [9.17, 15) is 24.9 Å². The highest BCUT2D eigenvalue weighted by Gasteiger charge is 2.29. The summed E-state index contributed by atoms with van der Waals surface area (Å²) in [6, 6.07) is 6.43. The molecule has 1 aromatic heterocycles. The number of aromatic nitrogens is 1. The van der Waals surface area contributed by atoms with E-state index in [1.165, 1.54) is 7.11 Å². The Morgan fingerprint density at radius 1 is 1.08 bits per heavy atom. The van der Waals surface area contributed by atoms with Gasteiger partial charge in [-0.2, -0.15) is 0 Å². The molecule has 132 valence electrons. The van der Waals surface area contributed by atoms with E-state index in [4.69, 9.17) is 4.74 Å². The third kappa shape index (κ3) is 3.71. The predicted molar refractivity (Wildman–Crippen MR) is 90.4 cm³/mol. The van der Waals surface area contributed by atoms with Gasteiger partial charge in [0.1, 0.15) is 16.9 Å². The second-order valence-corrected chi connectivity index (χ2v) is 5.94. The molecule has 1 heterocycles. The first-order valence-corrected chi connectivity index (χ1v) is 7.63. The SMILES string of the molecule is COc1ccc(-c2nc(CC(C)C)c(O)c(C(=O)O)c2C(=O)O)cc1. The van der Waals surface area contributed by atoms with E-state index in [1.807, 2.05) is 13.8 Å². The Morgan fingerprint density at radius 3 is 2.08 bits per heavy atom. The van der Waals surface area contributed by atoms with Crippen molar-refractivity contribution in [3.05, 3.63) is 41.1 Å². The van der Waals surface area contributed by atoms with Crippen LogP contribution in [0.25, 0.3) is 11.3 Å². The van der Waals surface area contributed by atoms with Gasteiger partial charge < -0.3 is 20.1 Å². The highest BCUT2D eigenvalue weighted by molar-refractivity contribution is 6.07. The number of aromatic hydroxyl groups is 1. The zero-order chi connectivity index (χ0) is 18.7. The summed E-state index contributed by atoms with van der Waals surface area (Å²) in [5.74, 6) is -2.92. The van der Waals surface area contributed by atoms with Gasteiger partial charge in [0.25, 0.3) is 0 Å². The van der Waals surface area contributed by atoms with Crippen LogP contribution in [-0.2, 0) is 6.42 Å². The zero-order valence-corrected chi connectivity index (χ0v) is 14.1. The summed E-state index contributed by atoms with van der Waals surface area (Å²) in [6.07, 6.45) is 0.315. The minimum Gasteiger partial charge on any atom is -0.505 e. The van der Waals surface area contributed by atoms with E-state index in [1.54, 1.807) is 24.3 Å². The smallest absolute Gasteiger partial charge is 0.340 e. The summed E-state index contributed by atoms with van der Waals surface area (Å²) in [4.78, 5) is 27.6. The normalized spacial score (nSPS) is 10.7. The third-order valence-corrected chi connectivity index (χ3v) is 3.64. The van der Waals surface area contributed by atoms with Crippen LogP contribution in [0.15, 0.2) is 24.3 Å². The van der Waals surface area contributed by atoms with Gasteiger partial charge in [-0.05, 0) is 36.6 Å². The fourth-order valence-corrected chi connectivity index (χ4v) is 2.53. The van der Waals surface area contributed by atoms with Crippen molar-refractivity contribution in [2.24, 2.45) is 5.92 Å². The zero-order valence-electron chi connectivity index (χ0n) is 14.1. The van der Waals surface area contributed by atoms with Crippen LogP contribution < -0.4 is 4.74 Å². The minimum absolute atomic E-state index is 0.000929. The molecule has 0 aliphatic heterocycles. The molecule has 0 bridgehead atoms. The number of benzene rings is 1. The molecule has 0 aliphatic rings. The molecule has 0 atom stereocenters. The molecule has 0 saturated heterocycles. The van der Waals surface area contributed by atoms with Gasteiger partial charge in [0.2, 0.25) is 0 Å². The summed E-state index contributed by atoms with van der Waals surface area (Å²) >= 11 is 0. The Morgan fingerprint density at radius 2 is 1.64 bits per heavy atom. The standard InChI is InChI=1S/C18H19NO6/c1-9(2)8-12-16(20)14(18(23)24)13(17(21)22)15(19-12)10-4-6-11(25-3)7-5-10/h4-7,9,20H,8H2,1-3H3,(H,21,22)(H,23,24). The summed E-state index contributed by atoms with van der Waals surface area (Å²) in [6.45, 7) is 3.78. The van der Waals surface area contributed by atoms with Crippen LogP contribution in [0.1, 0.15) is 40.3 Å². The number of carbonyl (C=O) groups is 2. The summed E-state index contributed by atoms with van der Waals surface area (Å²) in [7, 11) is 1.50. The number of carboxylic acid groups (broad SMARTS) is 2. The van der Waals surface area contributed by atoms with E-state index < -0.39 is 28.8 Å². The van der Waals surface area contributed by atoms with Crippen molar-refractivity contribution < 1.29 is 29.6 Å². The molecule has 3 N–H and O–H groups in total. The molecule has 2 rings (SSSR count). The van der Waals surface area contributed by atoms with Gasteiger partial charge in [0.15, 0.2) is 5.75 Å². The first-order chi connectivity index (χ1) is 11.8. The molecule has 25 heavy (non-hydrogen) atoms. The van der Waals surface area contributed by atoms with Crippen molar-refractivity contribution >= 4 is 11.9 Å². The number of ether oxygens (including phenoxy) is 1. The maximum absolute atomic E-state index is 11.7. The van der Waals surface area contributed by atoms with Crippen molar-refractivity contribution in [2.75, 3.05) is 7.11 Å². The number of methoxy groups -OCH3 is 1. The van der Waals surface area contributed by atoms with Gasteiger partial charge in [0, 0.05) is 5.56 Å². The molecular weight excluding hydrogens is 326 g/mol. The van der Waals surface area contributed by atoms with Crippen molar-refractivity contribution in [1.29, 1.82) is 0 Å². The summed E-state index contributed by atoms with van der Waals surface area (Å²) in [5.41, 5.74) is -0.610. The average Bonchev–Trinajstić information content (AvgIpc) is 2.55. The Balaban J connectivity index is 2.80. The molecule has 0 unspecified atom stereocenters. The summed E-state index contributed by atoms with van der Waals surface area (Å²) < 4.78 is 5.07. The van der Waals surface area contributed by atoms with Gasteiger partial charge in [-0.15, -0.1) is 0 Å². The molecule has 1 aromatic carbocycles. The van der Waals surface area contributed by atoms with E-state index in [0.29, 0.717) is 17.7 Å². The lowest BCUT2D eigenvalue weighted by Gasteiger charge is -2.15. The van der Waals surface area contributed by atoms with Crippen LogP contribution in [0, 0.1) is 5.92 Å². The summed E-state index contributed by atoms with van der Waals surface area (Å²) in [5, 5.41) is 29.2.